The predicted octanol–water partition coefficient (Wildman–Crippen LogP) is 3.03. The zero-order chi connectivity index (χ0) is 17.9. The van der Waals surface area contributed by atoms with E-state index in [2.05, 4.69) is 4.72 Å². The predicted molar refractivity (Wildman–Crippen MR) is 97.3 cm³/mol. The Labute approximate surface area is 149 Å². The first-order valence-corrected chi connectivity index (χ1v) is 10.1. The van der Waals surface area contributed by atoms with Crippen molar-refractivity contribution in [3.8, 4) is 11.5 Å². The fourth-order valence-corrected chi connectivity index (χ4v) is 4.05. The van der Waals surface area contributed by atoms with Crippen molar-refractivity contribution in [2.45, 2.75) is 38.7 Å². The SMILES string of the molecule is CCOc1cc2c(cc1CNS(=O)(=O)Cc1ccccc1)O[C@@H](C)C2. The molecule has 0 fully saturated rings. The van der Waals surface area contributed by atoms with Crippen LogP contribution >= 0.6 is 0 Å². The van der Waals surface area contributed by atoms with Crippen LogP contribution in [0.5, 0.6) is 11.5 Å². The summed E-state index contributed by atoms with van der Waals surface area (Å²) in [5.74, 6) is 1.48. The third kappa shape index (κ3) is 4.52. The molecule has 1 aliphatic heterocycles. The monoisotopic (exact) mass is 361 g/mol. The largest absolute Gasteiger partial charge is 0.494 e. The molecule has 1 heterocycles. The Kier molecular flexibility index (Phi) is 5.30. The highest BCUT2D eigenvalue weighted by Crippen LogP contribution is 2.35. The van der Waals surface area contributed by atoms with E-state index in [1.54, 1.807) is 12.1 Å². The summed E-state index contributed by atoms with van der Waals surface area (Å²) in [6.07, 6.45) is 0.976. The van der Waals surface area contributed by atoms with Gasteiger partial charge in [-0.2, -0.15) is 0 Å². The Morgan fingerprint density at radius 2 is 2.00 bits per heavy atom. The van der Waals surface area contributed by atoms with Crippen molar-refractivity contribution >= 4 is 10.0 Å². The first-order chi connectivity index (χ1) is 12.0. The minimum atomic E-state index is -3.44. The summed E-state index contributed by atoms with van der Waals surface area (Å²) in [7, 11) is -3.44. The quantitative estimate of drug-likeness (QED) is 0.823. The van der Waals surface area contributed by atoms with Gasteiger partial charge in [0.1, 0.15) is 17.6 Å². The van der Waals surface area contributed by atoms with Crippen LogP contribution in [-0.4, -0.2) is 21.1 Å². The van der Waals surface area contributed by atoms with E-state index in [0.717, 1.165) is 28.9 Å². The lowest BCUT2D eigenvalue weighted by Crippen LogP contribution is -2.25. The zero-order valence-electron chi connectivity index (χ0n) is 14.5. The molecule has 0 bridgehead atoms. The number of hydrogen-bond acceptors (Lipinski definition) is 4. The van der Waals surface area contributed by atoms with E-state index in [1.165, 1.54) is 0 Å². The summed E-state index contributed by atoms with van der Waals surface area (Å²) in [6.45, 7) is 4.63. The van der Waals surface area contributed by atoms with Crippen molar-refractivity contribution in [2.24, 2.45) is 0 Å². The lowest BCUT2D eigenvalue weighted by atomic mass is 10.1. The topological polar surface area (TPSA) is 64.6 Å². The normalized spacial score (nSPS) is 16.3. The molecule has 0 spiro atoms. The van der Waals surface area contributed by atoms with E-state index in [-0.39, 0.29) is 18.4 Å². The number of sulfonamides is 1. The Morgan fingerprint density at radius 1 is 1.24 bits per heavy atom. The van der Waals surface area contributed by atoms with Gasteiger partial charge in [-0.05, 0) is 31.5 Å². The molecule has 134 valence electrons. The van der Waals surface area contributed by atoms with E-state index in [0.29, 0.717) is 12.4 Å². The van der Waals surface area contributed by atoms with Crippen LogP contribution in [0.25, 0.3) is 0 Å². The third-order valence-corrected chi connectivity index (χ3v) is 5.36. The van der Waals surface area contributed by atoms with Gasteiger partial charge in [0, 0.05) is 24.1 Å². The number of ether oxygens (including phenoxy) is 2. The maximum Gasteiger partial charge on any atom is 0.216 e. The van der Waals surface area contributed by atoms with Gasteiger partial charge >= 0.3 is 0 Å². The van der Waals surface area contributed by atoms with Gasteiger partial charge in [-0.15, -0.1) is 0 Å². The fourth-order valence-electron chi connectivity index (χ4n) is 2.94. The Hall–Kier alpha value is -2.05. The van der Waals surface area contributed by atoms with Gasteiger partial charge in [0.2, 0.25) is 10.0 Å². The van der Waals surface area contributed by atoms with Crippen LogP contribution in [0.15, 0.2) is 42.5 Å². The number of rotatable bonds is 7. The van der Waals surface area contributed by atoms with Gasteiger partial charge in [0.25, 0.3) is 0 Å². The van der Waals surface area contributed by atoms with E-state index in [4.69, 9.17) is 9.47 Å². The third-order valence-electron chi connectivity index (χ3n) is 4.06. The van der Waals surface area contributed by atoms with Crippen molar-refractivity contribution in [1.82, 2.24) is 4.72 Å². The second kappa shape index (κ2) is 7.45. The lowest BCUT2D eigenvalue weighted by molar-refractivity contribution is 0.254. The van der Waals surface area contributed by atoms with Crippen LogP contribution in [0.2, 0.25) is 0 Å². The van der Waals surface area contributed by atoms with Crippen molar-refractivity contribution < 1.29 is 17.9 Å². The second-order valence-corrected chi connectivity index (χ2v) is 8.01. The van der Waals surface area contributed by atoms with E-state index < -0.39 is 10.0 Å². The number of fused-ring (bicyclic) bond motifs is 1. The first-order valence-electron chi connectivity index (χ1n) is 8.43. The van der Waals surface area contributed by atoms with Crippen molar-refractivity contribution in [1.29, 1.82) is 0 Å². The summed E-state index contributed by atoms with van der Waals surface area (Å²) in [6, 6.07) is 13.0. The molecule has 0 radical (unpaired) electrons. The molecule has 0 saturated heterocycles. The summed E-state index contributed by atoms with van der Waals surface area (Å²) in [5.41, 5.74) is 2.64. The first kappa shape index (κ1) is 17.8. The molecule has 2 aromatic rings. The standard InChI is InChI=1S/C19H23NO4S/c1-3-23-18-10-16-9-14(2)24-19(16)11-17(18)12-20-25(21,22)13-15-7-5-4-6-8-15/h4-8,10-11,14,20H,3,9,12-13H2,1-2H3/t14-/m0/s1. The van der Waals surface area contributed by atoms with Crippen LogP contribution < -0.4 is 14.2 Å². The molecule has 1 atom stereocenters. The van der Waals surface area contributed by atoms with Gasteiger partial charge in [0.15, 0.2) is 0 Å². The number of hydrogen-bond donors (Lipinski definition) is 1. The molecular formula is C19H23NO4S. The molecule has 2 aromatic carbocycles. The summed E-state index contributed by atoms with van der Waals surface area (Å²) < 4.78 is 38.8. The van der Waals surface area contributed by atoms with Crippen molar-refractivity contribution in [3.05, 3.63) is 59.2 Å². The van der Waals surface area contributed by atoms with Crippen LogP contribution in [0.1, 0.15) is 30.5 Å². The maximum atomic E-state index is 12.3. The van der Waals surface area contributed by atoms with Crippen LogP contribution in [-0.2, 0) is 28.7 Å². The van der Waals surface area contributed by atoms with E-state index >= 15 is 0 Å². The van der Waals surface area contributed by atoms with Gasteiger partial charge in [0.05, 0.1) is 12.4 Å². The molecule has 0 aliphatic carbocycles. The highest BCUT2D eigenvalue weighted by molar-refractivity contribution is 7.88. The second-order valence-electron chi connectivity index (χ2n) is 6.20. The molecule has 25 heavy (non-hydrogen) atoms. The van der Waals surface area contributed by atoms with Gasteiger partial charge in [-0.1, -0.05) is 30.3 Å². The van der Waals surface area contributed by atoms with E-state index in [1.807, 2.05) is 44.2 Å². The molecular weight excluding hydrogens is 338 g/mol. The molecule has 0 amide bonds. The minimum absolute atomic E-state index is 0.0454. The molecule has 6 heteroatoms. The van der Waals surface area contributed by atoms with Gasteiger partial charge in [-0.25, -0.2) is 13.1 Å². The molecule has 0 unspecified atom stereocenters. The molecule has 1 N–H and O–H groups in total. The summed E-state index contributed by atoms with van der Waals surface area (Å²) in [4.78, 5) is 0. The molecule has 3 rings (SSSR count). The van der Waals surface area contributed by atoms with Crippen LogP contribution in [0.3, 0.4) is 0 Å². The van der Waals surface area contributed by atoms with Crippen LogP contribution in [0, 0.1) is 0 Å². The lowest BCUT2D eigenvalue weighted by Gasteiger charge is -2.13. The number of benzene rings is 2. The molecule has 1 aliphatic rings. The number of nitrogens with one attached hydrogen (secondary N) is 1. The molecule has 5 nitrogen and oxygen atoms in total. The Morgan fingerprint density at radius 3 is 2.72 bits per heavy atom. The summed E-state index contributed by atoms with van der Waals surface area (Å²) in [5, 5.41) is 0. The summed E-state index contributed by atoms with van der Waals surface area (Å²) >= 11 is 0. The smallest absolute Gasteiger partial charge is 0.216 e. The zero-order valence-corrected chi connectivity index (χ0v) is 15.3. The Bertz CT molecular complexity index is 834. The van der Waals surface area contributed by atoms with Crippen molar-refractivity contribution in [2.75, 3.05) is 6.61 Å². The minimum Gasteiger partial charge on any atom is -0.494 e. The molecule has 0 aromatic heterocycles. The van der Waals surface area contributed by atoms with Crippen LogP contribution in [0.4, 0.5) is 0 Å². The highest BCUT2D eigenvalue weighted by Gasteiger charge is 2.22. The van der Waals surface area contributed by atoms with Gasteiger partial charge < -0.3 is 9.47 Å². The average molecular weight is 361 g/mol. The maximum absolute atomic E-state index is 12.3. The average Bonchev–Trinajstić information content (AvgIpc) is 2.92. The fraction of sp³-hybridized carbons (Fsp3) is 0.368. The molecule has 0 saturated carbocycles. The van der Waals surface area contributed by atoms with Gasteiger partial charge in [-0.3, -0.25) is 0 Å². The Balaban J connectivity index is 1.75. The van der Waals surface area contributed by atoms with Crippen molar-refractivity contribution in [3.63, 3.8) is 0 Å². The van der Waals surface area contributed by atoms with E-state index in [9.17, 15) is 8.42 Å². The highest BCUT2D eigenvalue weighted by atomic mass is 32.2.